The van der Waals surface area contributed by atoms with E-state index in [1.165, 1.54) is 11.9 Å². The molecule has 0 aliphatic carbocycles. The molecular weight excluding hydrogens is 415 g/mol. The van der Waals surface area contributed by atoms with E-state index < -0.39 is 0 Å². The Labute approximate surface area is 177 Å². The van der Waals surface area contributed by atoms with E-state index in [1.54, 1.807) is 29.4 Å². The smallest absolute Gasteiger partial charge is 0.325 e. The molecule has 0 saturated carbocycles. The summed E-state index contributed by atoms with van der Waals surface area (Å²) in [5.74, 6) is 0. The normalized spacial score (nSPS) is 12.6. The lowest BCUT2D eigenvalue weighted by atomic mass is 10.1. The zero-order chi connectivity index (χ0) is 19.5. The molecule has 4 rings (SSSR count). The van der Waals surface area contributed by atoms with Crippen LogP contribution in [0.2, 0.25) is 10.0 Å². The highest BCUT2D eigenvalue weighted by Crippen LogP contribution is 2.36. The third-order valence-electron chi connectivity index (χ3n) is 4.30. The van der Waals surface area contributed by atoms with Gasteiger partial charge in [-0.05, 0) is 60.8 Å². The molecule has 0 unspecified atom stereocenters. The van der Waals surface area contributed by atoms with E-state index in [4.69, 9.17) is 23.2 Å². The first-order valence-corrected chi connectivity index (χ1v) is 10.2. The van der Waals surface area contributed by atoms with Crippen LogP contribution in [-0.4, -0.2) is 17.6 Å². The molecule has 2 N–H and O–H groups in total. The summed E-state index contributed by atoms with van der Waals surface area (Å²) in [4.78, 5) is 19.4. The SMILES string of the molecule is O=C(Nc1cccnc1)N1CCc2c(NSc3cc(Cl)cc(Cl)c3)cccc21. The zero-order valence-corrected chi connectivity index (χ0v) is 17.0. The number of rotatable bonds is 4. The number of fused-ring (bicyclic) bond motifs is 1. The van der Waals surface area contributed by atoms with Gasteiger partial charge in [-0.15, -0.1) is 0 Å². The summed E-state index contributed by atoms with van der Waals surface area (Å²) in [5, 5.41) is 4.07. The predicted octanol–water partition coefficient (Wildman–Crippen LogP) is 6.10. The standard InChI is InChI=1S/C20H16Cl2N4OS/c21-13-9-14(22)11-16(10-13)28-25-18-4-1-5-19-17(18)6-8-26(19)20(27)24-15-3-2-7-23-12-15/h1-5,7,9-12,25H,6,8H2,(H,24,27). The first kappa shape index (κ1) is 18.9. The Bertz CT molecular complexity index is 996. The van der Waals surface area contributed by atoms with Gasteiger partial charge in [-0.25, -0.2) is 4.79 Å². The third-order valence-corrected chi connectivity index (χ3v) is 5.53. The van der Waals surface area contributed by atoms with Crippen LogP contribution in [0, 0.1) is 0 Å². The minimum atomic E-state index is -0.168. The van der Waals surface area contributed by atoms with Crippen molar-refractivity contribution in [1.29, 1.82) is 0 Å². The van der Waals surface area contributed by atoms with E-state index >= 15 is 0 Å². The summed E-state index contributed by atoms with van der Waals surface area (Å²) in [6.45, 7) is 0.619. The van der Waals surface area contributed by atoms with Crippen molar-refractivity contribution in [3.8, 4) is 0 Å². The van der Waals surface area contributed by atoms with Gasteiger partial charge in [-0.2, -0.15) is 0 Å². The molecule has 1 aliphatic rings. The highest BCUT2D eigenvalue weighted by atomic mass is 35.5. The highest BCUT2D eigenvalue weighted by molar-refractivity contribution is 8.00. The molecule has 0 spiro atoms. The highest BCUT2D eigenvalue weighted by Gasteiger charge is 2.26. The third kappa shape index (κ3) is 4.19. The topological polar surface area (TPSA) is 57.3 Å². The fourth-order valence-corrected chi connectivity index (χ4v) is 4.52. The van der Waals surface area contributed by atoms with Gasteiger partial charge in [0, 0.05) is 38.9 Å². The van der Waals surface area contributed by atoms with Crippen LogP contribution >= 0.6 is 35.1 Å². The molecule has 0 atom stereocenters. The van der Waals surface area contributed by atoms with Crippen LogP contribution in [0.15, 0.2) is 65.8 Å². The van der Waals surface area contributed by atoms with E-state index in [-0.39, 0.29) is 6.03 Å². The fourth-order valence-electron chi connectivity index (χ4n) is 3.07. The number of aromatic nitrogens is 1. The summed E-state index contributed by atoms with van der Waals surface area (Å²) in [5.41, 5.74) is 3.64. The Hall–Kier alpha value is -2.41. The molecule has 5 nitrogen and oxygen atoms in total. The van der Waals surface area contributed by atoms with Gasteiger partial charge >= 0.3 is 6.03 Å². The number of carbonyl (C=O) groups excluding carboxylic acids is 1. The van der Waals surface area contributed by atoms with Gasteiger partial charge in [0.15, 0.2) is 0 Å². The molecule has 1 aromatic heterocycles. The van der Waals surface area contributed by atoms with Crippen LogP contribution in [0.1, 0.15) is 5.56 Å². The second kappa shape index (κ2) is 8.31. The lowest BCUT2D eigenvalue weighted by Gasteiger charge is -2.18. The van der Waals surface area contributed by atoms with Crippen LogP contribution in [-0.2, 0) is 6.42 Å². The summed E-state index contributed by atoms with van der Waals surface area (Å²) < 4.78 is 3.36. The van der Waals surface area contributed by atoms with Crippen molar-refractivity contribution in [3.63, 3.8) is 0 Å². The molecule has 28 heavy (non-hydrogen) atoms. The Kier molecular flexibility index (Phi) is 5.62. The largest absolute Gasteiger partial charge is 0.326 e. The first-order chi connectivity index (χ1) is 13.6. The molecule has 2 amide bonds. The molecule has 2 aromatic carbocycles. The summed E-state index contributed by atoms with van der Waals surface area (Å²) in [6, 6.07) is 14.7. The molecule has 0 saturated heterocycles. The van der Waals surface area contributed by atoms with Crippen LogP contribution in [0.4, 0.5) is 21.9 Å². The van der Waals surface area contributed by atoms with E-state index in [1.807, 2.05) is 36.4 Å². The van der Waals surface area contributed by atoms with Gasteiger partial charge in [0.2, 0.25) is 0 Å². The number of nitrogens with one attached hydrogen (secondary N) is 2. The van der Waals surface area contributed by atoms with Crippen LogP contribution in [0.5, 0.6) is 0 Å². The minimum absolute atomic E-state index is 0.168. The maximum Gasteiger partial charge on any atom is 0.326 e. The number of hydrogen-bond donors (Lipinski definition) is 2. The molecule has 142 valence electrons. The summed E-state index contributed by atoms with van der Waals surface area (Å²) in [7, 11) is 0. The number of pyridine rings is 1. The fraction of sp³-hybridized carbons (Fsp3) is 0.100. The van der Waals surface area contributed by atoms with Crippen LogP contribution in [0.25, 0.3) is 0 Å². The number of nitrogens with zero attached hydrogens (tertiary/aromatic N) is 2. The van der Waals surface area contributed by atoms with E-state index in [2.05, 4.69) is 15.0 Å². The van der Waals surface area contributed by atoms with E-state index in [0.717, 1.165) is 28.3 Å². The van der Waals surface area contributed by atoms with Gasteiger partial charge < -0.3 is 10.0 Å². The molecule has 0 radical (unpaired) electrons. The van der Waals surface area contributed by atoms with Gasteiger partial charge in [0.25, 0.3) is 0 Å². The molecule has 8 heteroatoms. The number of urea groups is 1. The maximum atomic E-state index is 12.7. The van der Waals surface area contributed by atoms with Gasteiger partial charge in [-0.3, -0.25) is 9.88 Å². The number of benzene rings is 2. The van der Waals surface area contributed by atoms with Crippen molar-refractivity contribution < 1.29 is 4.79 Å². The lowest BCUT2D eigenvalue weighted by Crippen LogP contribution is -2.33. The molecule has 3 aromatic rings. The molecule has 1 aliphatic heterocycles. The van der Waals surface area contributed by atoms with Crippen LogP contribution < -0.4 is 14.9 Å². The number of anilines is 3. The maximum absolute atomic E-state index is 12.7. The number of amides is 2. The lowest BCUT2D eigenvalue weighted by molar-refractivity contribution is 0.257. The second-order valence-electron chi connectivity index (χ2n) is 6.19. The minimum Gasteiger partial charge on any atom is -0.325 e. The van der Waals surface area contributed by atoms with Crippen molar-refractivity contribution in [2.24, 2.45) is 0 Å². The number of halogens is 2. The molecule has 0 fully saturated rings. The summed E-state index contributed by atoms with van der Waals surface area (Å²) in [6.07, 6.45) is 4.07. The van der Waals surface area contributed by atoms with Gasteiger partial charge in [-0.1, -0.05) is 29.3 Å². The van der Waals surface area contributed by atoms with Gasteiger partial charge in [0.1, 0.15) is 0 Å². The van der Waals surface area contributed by atoms with Gasteiger partial charge in [0.05, 0.1) is 17.6 Å². The molecular formula is C20H16Cl2N4OS. The zero-order valence-electron chi connectivity index (χ0n) is 14.7. The predicted molar refractivity (Wildman–Crippen MR) is 117 cm³/mol. The monoisotopic (exact) mass is 430 g/mol. The Morgan fingerprint density at radius 2 is 1.93 bits per heavy atom. The van der Waals surface area contributed by atoms with Crippen molar-refractivity contribution in [1.82, 2.24) is 4.98 Å². The Morgan fingerprint density at radius 1 is 1.11 bits per heavy atom. The summed E-state index contributed by atoms with van der Waals surface area (Å²) >= 11 is 13.6. The van der Waals surface area contributed by atoms with Crippen molar-refractivity contribution >= 4 is 58.2 Å². The molecule has 2 heterocycles. The number of carbonyl (C=O) groups is 1. The average Bonchev–Trinajstić information content (AvgIpc) is 3.11. The van der Waals surface area contributed by atoms with Crippen molar-refractivity contribution in [2.45, 2.75) is 11.3 Å². The van der Waals surface area contributed by atoms with E-state index in [0.29, 0.717) is 22.3 Å². The van der Waals surface area contributed by atoms with Crippen molar-refractivity contribution in [2.75, 3.05) is 21.5 Å². The Morgan fingerprint density at radius 3 is 2.68 bits per heavy atom. The quantitative estimate of drug-likeness (QED) is 0.490. The van der Waals surface area contributed by atoms with Crippen molar-refractivity contribution in [3.05, 3.63) is 76.5 Å². The second-order valence-corrected chi connectivity index (χ2v) is 7.94. The average molecular weight is 431 g/mol. The van der Waals surface area contributed by atoms with E-state index in [9.17, 15) is 4.79 Å². The first-order valence-electron chi connectivity index (χ1n) is 8.59. The molecule has 0 bridgehead atoms. The number of hydrogen-bond acceptors (Lipinski definition) is 4. The Balaban J connectivity index is 1.50. The van der Waals surface area contributed by atoms with Crippen LogP contribution in [0.3, 0.4) is 0 Å².